The Kier molecular flexibility index (Phi) is 6.74. The Balaban J connectivity index is 1.34. The molecule has 4 aromatic rings. The first-order chi connectivity index (χ1) is 17.0. The number of carbonyl (C=O) groups is 1. The molecular formula is C26H22ClFN4O2S. The van der Waals surface area contributed by atoms with E-state index in [1.165, 1.54) is 22.4 Å². The first-order valence-electron chi connectivity index (χ1n) is 11.2. The van der Waals surface area contributed by atoms with Crippen molar-refractivity contribution < 1.29 is 9.18 Å². The zero-order chi connectivity index (χ0) is 24.4. The van der Waals surface area contributed by atoms with Gasteiger partial charge in [-0.05, 0) is 48.5 Å². The number of piperazine rings is 1. The zero-order valence-corrected chi connectivity index (χ0v) is 20.3. The highest BCUT2D eigenvalue weighted by Crippen LogP contribution is 2.24. The van der Waals surface area contributed by atoms with Gasteiger partial charge >= 0.3 is 0 Å². The Morgan fingerprint density at radius 3 is 2.37 bits per heavy atom. The summed E-state index contributed by atoms with van der Waals surface area (Å²) < 4.78 is 15.6. The van der Waals surface area contributed by atoms with E-state index in [4.69, 9.17) is 11.6 Å². The lowest BCUT2D eigenvalue weighted by molar-refractivity contribution is -0.128. The van der Waals surface area contributed by atoms with Gasteiger partial charge in [-0.1, -0.05) is 47.6 Å². The number of para-hydroxylation sites is 2. The third-order valence-corrected chi connectivity index (χ3v) is 7.16. The van der Waals surface area contributed by atoms with E-state index in [0.29, 0.717) is 58.6 Å². The molecule has 0 spiro atoms. The Bertz CT molecular complexity index is 1440. The van der Waals surface area contributed by atoms with Crippen LogP contribution in [0.4, 0.5) is 10.1 Å². The molecule has 0 saturated carbocycles. The predicted octanol–water partition coefficient (Wildman–Crippen LogP) is 4.62. The number of hydrogen-bond acceptors (Lipinski definition) is 5. The lowest BCUT2D eigenvalue weighted by Gasteiger charge is -2.36. The van der Waals surface area contributed by atoms with Crippen LogP contribution in [0.3, 0.4) is 0 Å². The van der Waals surface area contributed by atoms with Crippen LogP contribution in [0.15, 0.2) is 82.7 Å². The minimum Gasteiger partial charge on any atom is -0.366 e. The van der Waals surface area contributed by atoms with E-state index in [-0.39, 0.29) is 23.0 Å². The number of benzene rings is 3. The molecule has 1 fully saturated rings. The average Bonchev–Trinajstić information content (AvgIpc) is 2.88. The SMILES string of the molecule is O=C(CSc1nc2ccccc2c(=O)n1-c1ccc(Cl)cc1)N1CCN(c2ccccc2F)CC1. The highest BCUT2D eigenvalue weighted by Gasteiger charge is 2.23. The highest BCUT2D eigenvalue weighted by molar-refractivity contribution is 7.99. The molecule has 0 radical (unpaired) electrons. The minimum absolute atomic E-state index is 0.0479. The number of nitrogens with zero attached hydrogens (tertiary/aromatic N) is 4. The van der Waals surface area contributed by atoms with Crippen molar-refractivity contribution in [2.24, 2.45) is 0 Å². The maximum absolute atomic E-state index is 14.1. The van der Waals surface area contributed by atoms with Gasteiger partial charge in [0, 0.05) is 31.2 Å². The van der Waals surface area contributed by atoms with Crippen LogP contribution in [0.2, 0.25) is 5.02 Å². The molecule has 35 heavy (non-hydrogen) atoms. The summed E-state index contributed by atoms with van der Waals surface area (Å²) in [5.41, 5.74) is 1.56. The summed E-state index contributed by atoms with van der Waals surface area (Å²) in [7, 11) is 0. The number of rotatable bonds is 5. The second kappa shape index (κ2) is 10.1. The van der Waals surface area contributed by atoms with Crippen LogP contribution in [0.1, 0.15) is 0 Å². The fourth-order valence-electron chi connectivity index (χ4n) is 4.15. The summed E-state index contributed by atoms with van der Waals surface area (Å²) in [4.78, 5) is 34.7. The maximum atomic E-state index is 14.1. The van der Waals surface area contributed by atoms with Crippen LogP contribution in [0.25, 0.3) is 16.6 Å². The fourth-order valence-corrected chi connectivity index (χ4v) is 5.19. The van der Waals surface area contributed by atoms with Crippen LogP contribution in [0.5, 0.6) is 0 Å². The number of fused-ring (bicyclic) bond motifs is 1. The molecule has 6 nitrogen and oxygen atoms in total. The number of carbonyl (C=O) groups excluding carboxylic acids is 1. The van der Waals surface area contributed by atoms with Gasteiger partial charge in [0.1, 0.15) is 5.82 Å². The van der Waals surface area contributed by atoms with E-state index in [1.54, 1.807) is 59.5 Å². The Morgan fingerprint density at radius 2 is 1.63 bits per heavy atom. The van der Waals surface area contributed by atoms with Gasteiger partial charge in [0.25, 0.3) is 5.56 Å². The molecule has 3 aromatic carbocycles. The molecule has 0 atom stereocenters. The Morgan fingerprint density at radius 1 is 0.943 bits per heavy atom. The third kappa shape index (κ3) is 4.90. The Labute approximate surface area is 210 Å². The van der Waals surface area contributed by atoms with E-state index in [2.05, 4.69) is 4.98 Å². The van der Waals surface area contributed by atoms with E-state index in [0.717, 1.165) is 0 Å². The highest BCUT2D eigenvalue weighted by atomic mass is 35.5. The molecule has 1 amide bonds. The van der Waals surface area contributed by atoms with Crippen LogP contribution < -0.4 is 10.5 Å². The molecule has 0 unspecified atom stereocenters. The minimum atomic E-state index is -0.259. The number of anilines is 1. The van der Waals surface area contributed by atoms with Gasteiger partial charge in [0.15, 0.2) is 5.16 Å². The van der Waals surface area contributed by atoms with Gasteiger partial charge in [-0.3, -0.25) is 14.2 Å². The molecule has 178 valence electrons. The van der Waals surface area contributed by atoms with Gasteiger partial charge in [-0.15, -0.1) is 0 Å². The Hall–Kier alpha value is -3.36. The summed E-state index contributed by atoms with van der Waals surface area (Å²) in [6, 6.07) is 20.8. The van der Waals surface area contributed by atoms with E-state index < -0.39 is 0 Å². The topological polar surface area (TPSA) is 58.4 Å². The third-order valence-electron chi connectivity index (χ3n) is 5.98. The maximum Gasteiger partial charge on any atom is 0.266 e. The van der Waals surface area contributed by atoms with Crippen molar-refractivity contribution in [1.82, 2.24) is 14.5 Å². The molecule has 1 aliphatic heterocycles. The van der Waals surface area contributed by atoms with Crippen molar-refractivity contribution in [3.8, 4) is 5.69 Å². The van der Waals surface area contributed by atoms with E-state index >= 15 is 0 Å². The summed E-state index contributed by atoms with van der Waals surface area (Å²) >= 11 is 7.27. The molecule has 5 rings (SSSR count). The second-order valence-corrected chi connectivity index (χ2v) is 9.52. The molecule has 0 bridgehead atoms. The molecular weight excluding hydrogens is 487 g/mol. The number of thioether (sulfide) groups is 1. The molecule has 1 saturated heterocycles. The number of aromatic nitrogens is 2. The zero-order valence-electron chi connectivity index (χ0n) is 18.7. The number of hydrogen-bond donors (Lipinski definition) is 0. The van der Waals surface area contributed by atoms with E-state index in [9.17, 15) is 14.0 Å². The predicted molar refractivity (Wildman–Crippen MR) is 138 cm³/mol. The second-order valence-electron chi connectivity index (χ2n) is 8.14. The monoisotopic (exact) mass is 508 g/mol. The van der Waals surface area contributed by atoms with Crippen LogP contribution in [-0.2, 0) is 4.79 Å². The average molecular weight is 509 g/mol. The van der Waals surface area contributed by atoms with Crippen LogP contribution in [-0.4, -0.2) is 52.3 Å². The normalized spacial score (nSPS) is 13.9. The molecule has 0 aliphatic carbocycles. The van der Waals surface area contributed by atoms with Crippen molar-refractivity contribution in [2.75, 3.05) is 36.8 Å². The van der Waals surface area contributed by atoms with Gasteiger partial charge in [0.05, 0.1) is 28.0 Å². The van der Waals surface area contributed by atoms with Gasteiger partial charge in [-0.25, -0.2) is 9.37 Å². The molecule has 1 aromatic heterocycles. The smallest absolute Gasteiger partial charge is 0.266 e. The van der Waals surface area contributed by atoms with Gasteiger partial charge in [0.2, 0.25) is 5.91 Å². The molecule has 2 heterocycles. The first kappa shape index (κ1) is 23.4. The quantitative estimate of drug-likeness (QED) is 0.291. The number of halogens is 2. The summed E-state index contributed by atoms with van der Waals surface area (Å²) in [6.07, 6.45) is 0. The van der Waals surface area contributed by atoms with Crippen molar-refractivity contribution in [2.45, 2.75) is 5.16 Å². The lowest BCUT2D eigenvalue weighted by Crippen LogP contribution is -2.49. The lowest BCUT2D eigenvalue weighted by atomic mass is 10.2. The number of amides is 1. The first-order valence-corrected chi connectivity index (χ1v) is 12.6. The molecule has 0 N–H and O–H groups in total. The fraction of sp³-hybridized carbons (Fsp3) is 0.192. The van der Waals surface area contributed by atoms with Gasteiger partial charge in [-0.2, -0.15) is 0 Å². The summed E-state index contributed by atoms with van der Waals surface area (Å²) in [6.45, 7) is 2.12. The van der Waals surface area contributed by atoms with Crippen LogP contribution in [0, 0.1) is 5.82 Å². The summed E-state index contributed by atoms with van der Waals surface area (Å²) in [5.74, 6) is -0.170. The van der Waals surface area contributed by atoms with Crippen molar-refractivity contribution in [3.63, 3.8) is 0 Å². The van der Waals surface area contributed by atoms with Crippen molar-refractivity contribution in [1.29, 1.82) is 0 Å². The largest absolute Gasteiger partial charge is 0.366 e. The molecule has 9 heteroatoms. The summed E-state index contributed by atoms with van der Waals surface area (Å²) in [5, 5.41) is 1.51. The van der Waals surface area contributed by atoms with E-state index in [1.807, 2.05) is 17.0 Å². The van der Waals surface area contributed by atoms with Crippen molar-refractivity contribution in [3.05, 3.63) is 94.0 Å². The molecule has 1 aliphatic rings. The standard InChI is InChI=1S/C26H22ClFN4O2S/c27-18-9-11-19(12-10-18)32-25(34)20-5-1-3-7-22(20)29-26(32)35-17-24(33)31-15-13-30(14-16-31)23-8-4-2-6-21(23)28/h1-12H,13-17H2. The van der Waals surface area contributed by atoms with Crippen LogP contribution >= 0.6 is 23.4 Å². The van der Waals surface area contributed by atoms with Crippen molar-refractivity contribution >= 4 is 45.9 Å². The van der Waals surface area contributed by atoms with Gasteiger partial charge < -0.3 is 9.80 Å².